The summed E-state index contributed by atoms with van der Waals surface area (Å²) in [5.41, 5.74) is -0.735. The summed E-state index contributed by atoms with van der Waals surface area (Å²) in [7, 11) is -2.95. The number of rotatable bonds is 3. The monoisotopic (exact) mass is 220 g/mol. The summed E-state index contributed by atoms with van der Waals surface area (Å²) in [6.45, 7) is 2.02. The minimum atomic E-state index is -2.95. The first kappa shape index (κ1) is 12.0. The SMILES string of the molecule is CC1CCCCC1(O)CCS(C)(=O)=O. The first-order valence-corrected chi connectivity index (χ1v) is 7.30. The summed E-state index contributed by atoms with van der Waals surface area (Å²) < 4.78 is 22.0. The van der Waals surface area contributed by atoms with Crippen LogP contribution in [0.1, 0.15) is 39.0 Å². The Bertz CT molecular complexity index is 284. The Morgan fingerprint density at radius 1 is 1.43 bits per heavy atom. The number of sulfone groups is 1. The zero-order chi connectivity index (χ0) is 10.8. The van der Waals surface area contributed by atoms with Gasteiger partial charge in [-0.15, -0.1) is 0 Å². The van der Waals surface area contributed by atoms with Crippen LogP contribution in [-0.2, 0) is 9.84 Å². The van der Waals surface area contributed by atoms with Gasteiger partial charge < -0.3 is 5.11 Å². The Morgan fingerprint density at radius 3 is 2.57 bits per heavy atom. The molecule has 1 rings (SSSR count). The number of aliphatic hydroxyl groups is 1. The van der Waals surface area contributed by atoms with Gasteiger partial charge in [0.2, 0.25) is 0 Å². The normalized spacial score (nSPS) is 34.4. The standard InChI is InChI=1S/C10H20O3S/c1-9-5-3-4-6-10(9,11)7-8-14(2,12)13/h9,11H,3-8H2,1-2H3. The van der Waals surface area contributed by atoms with E-state index in [0.29, 0.717) is 6.42 Å². The Morgan fingerprint density at radius 2 is 2.07 bits per heavy atom. The maximum Gasteiger partial charge on any atom is 0.147 e. The Labute approximate surface area is 86.4 Å². The van der Waals surface area contributed by atoms with E-state index in [1.165, 1.54) is 6.26 Å². The van der Waals surface area contributed by atoms with Crippen molar-refractivity contribution in [2.45, 2.75) is 44.6 Å². The summed E-state index contributed by atoms with van der Waals surface area (Å²) >= 11 is 0. The van der Waals surface area contributed by atoms with E-state index in [1.807, 2.05) is 6.92 Å². The molecule has 0 aromatic carbocycles. The van der Waals surface area contributed by atoms with Crippen molar-refractivity contribution in [1.82, 2.24) is 0 Å². The van der Waals surface area contributed by atoms with Gasteiger partial charge in [0.05, 0.1) is 11.4 Å². The van der Waals surface area contributed by atoms with Gasteiger partial charge >= 0.3 is 0 Å². The number of hydrogen-bond acceptors (Lipinski definition) is 3. The van der Waals surface area contributed by atoms with Gasteiger partial charge in [-0.2, -0.15) is 0 Å². The number of hydrogen-bond donors (Lipinski definition) is 1. The fraction of sp³-hybridized carbons (Fsp3) is 1.00. The van der Waals surface area contributed by atoms with E-state index in [0.717, 1.165) is 25.7 Å². The second-order valence-corrected chi connectivity index (χ2v) is 6.89. The third-order valence-corrected chi connectivity index (χ3v) is 4.27. The summed E-state index contributed by atoms with van der Waals surface area (Å²) in [4.78, 5) is 0. The fourth-order valence-corrected chi connectivity index (χ4v) is 2.85. The van der Waals surface area contributed by atoms with Crippen molar-refractivity contribution in [3.05, 3.63) is 0 Å². The minimum Gasteiger partial charge on any atom is -0.390 e. The molecule has 1 aliphatic carbocycles. The molecular formula is C10H20O3S. The highest BCUT2D eigenvalue weighted by Gasteiger charge is 2.36. The van der Waals surface area contributed by atoms with Crippen LogP contribution in [0.5, 0.6) is 0 Å². The van der Waals surface area contributed by atoms with E-state index in [9.17, 15) is 13.5 Å². The lowest BCUT2D eigenvalue weighted by Crippen LogP contribution is -2.40. The molecule has 0 aliphatic heterocycles. The third-order valence-electron chi connectivity index (χ3n) is 3.32. The van der Waals surface area contributed by atoms with Crippen LogP contribution < -0.4 is 0 Å². The summed E-state index contributed by atoms with van der Waals surface area (Å²) in [6.07, 6.45) is 5.56. The average molecular weight is 220 g/mol. The van der Waals surface area contributed by atoms with E-state index in [4.69, 9.17) is 0 Å². The topological polar surface area (TPSA) is 54.4 Å². The van der Waals surface area contributed by atoms with E-state index >= 15 is 0 Å². The van der Waals surface area contributed by atoms with Gasteiger partial charge in [0.25, 0.3) is 0 Å². The zero-order valence-corrected chi connectivity index (χ0v) is 9.81. The van der Waals surface area contributed by atoms with Crippen LogP contribution in [0.2, 0.25) is 0 Å². The van der Waals surface area contributed by atoms with Crippen molar-refractivity contribution >= 4 is 9.84 Å². The van der Waals surface area contributed by atoms with Crippen molar-refractivity contribution in [3.63, 3.8) is 0 Å². The molecule has 0 spiro atoms. The molecule has 4 heteroatoms. The van der Waals surface area contributed by atoms with Crippen molar-refractivity contribution in [3.8, 4) is 0 Å². The highest BCUT2D eigenvalue weighted by Crippen LogP contribution is 2.36. The first-order valence-electron chi connectivity index (χ1n) is 5.24. The van der Waals surface area contributed by atoms with Crippen LogP contribution in [0.3, 0.4) is 0 Å². The Kier molecular flexibility index (Phi) is 3.58. The molecule has 0 radical (unpaired) electrons. The maximum atomic E-state index is 11.0. The lowest BCUT2D eigenvalue weighted by atomic mass is 9.75. The largest absolute Gasteiger partial charge is 0.390 e. The summed E-state index contributed by atoms with van der Waals surface area (Å²) in [5.74, 6) is 0.339. The quantitative estimate of drug-likeness (QED) is 0.781. The molecule has 84 valence electrons. The van der Waals surface area contributed by atoms with Crippen molar-refractivity contribution in [2.24, 2.45) is 5.92 Å². The molecule has 14 heavy (non-hydrogen) atoms. The molecule has 0 amide bonds. The zero-order valence-electron chi connectivity index (χ0n) is 8.99. The van der Waals surface area contributed by atoms with Gasteiger partial charge in [0, 0.05) is 6.26 Å². The second kappa shape index (κ2) is 4.19. The van der Waals surface area contributed by atoms with Crippen LogP contribution in [0, 0.1) is 5.92 Å². The van der Waals surface area contributed by atoms with Gasteiger partial charge in [-0.05, 0) is 25.2 Å². The highest BCUT2D eigenvalue weighted by atomic mass is 32.2. The van der Waals surface area contributed by atoms with E-state index in [1.54, 1.807) is 0 Å². The average Bonchev–Trinajstić information content (AvgIpc) is 2.06. The van der Waals surface area contributed by atoms with Gasteiger partial charge in [0.1, 0.15) is 9.84 Å². The fourth-order valence-electron chi connectivity index (χ4n) is 2.13. The van der Waals surface area contributed by atoms with Gasteiger partial charge in [0.15, 0.2) is 0 Å². The Balaban J connectivity index is 2.56. The molecule has 0 aromatic heterocycles. The van der Waals surface area contributed by atoms with E-state index < -0.39 is 15.4 Å². The predicted molar refractivity (Wildman–Crippen MR) is 56.9 cm³/mol. The van der Waals surface area contributed by atoms with Crippen molar-refractivity contribution < 1.29 is 13.5 Å². The van der Waals surface area contributed by atoms with Crippen molar-refractivity contribution in [2.75, 3.05) is 12.0 Å². The van der Waals surface area contributed by atoms with Gasteiger partial charge in [-0.25, -0.2) is 8.42 Å². The second-order valence-electron chi connectivity index (χ2n) is 4.63. The van der Waals surface area contributed by atoms with E-state index in [-0.39, 0.29) is 11.7 Å². The lowest BCUT2D eigenvalue weighted by Gasteiger charge is -2.38. The predicted octanol–water partition coefficient (Wildman–Crippen LogP) is 1.36. The van der Waals surface area contributed by atoms with Crippen LogP contribution >= 0.6 is 0 Å². The molecule has 1 N–H and O–H groups in total. The first-order chi connectivity index (χ1) is 6.33. The van der Waals surface area contributed by atoms with Crippen LogP contribution in [0.15, 0.2) is 0 Å². The maximum absolute atomic E-state index is 11.0. The van der Waals surface area contributed by atoms with Gasteiger partial charge in [-0.1, -0.05) is 19.8 Å². The van der Waals surface area contributed by atoms with Crippen LogP contribution in [0.4, 0.5) is 0 Å². The molecule has 1 aliphatic rings. The molecule has 0 saturated heterocycles. The van der Waals surface area contributed by atoms with Crippen molar-refractivity contribution in [1.29, 1.82) is 0 Å². The van der Waals surface area contributed by atoms with E-state index in [2.05, 4.69) is 0 Å². The molecule has 0 heterocycles. The smallest absolute Gasteiger partial charge is 0.147 e. The molecule has 2 unspecified atom stereocenters. The molecule has 1 fully saturated rings. The molecule has 3 nitrogen and oxygen atoms in total. The minimum absolute atomic E-state index is 0.105. The van der Waals surface area contributed by atoms with Crippen LogP contribution in [-0.4, -0.2) is 31.1 Å². The van der Waals surface area contributed by atoms with Gasteiger partial charge in [-0.3, -0.25) is 0 Å². The molecular weight excluding hydrogens is 200 g/mol. The molecule has 2 atom stereocenters. The third kappa shape index (κ3) is 3.24. The molecule has 0 bridgehead atoms. The van der Waals surface area contributed by atoms with Crippen LogP contribution in [0.25, 0.3) is 0 Å². The summed E-state index contributed by atoms with van der Waals surface area (Å²) in [5, 5.41) is 10.2. The molecule has 0 aromatic rings. The Hall–Kier alpha value is -0.0900. The summed E-state index contributed by atoms with van der Waals surface area (Å²) in [6, 6.07) is 0. The highest BCUT2D eigenvalue weighted by molar-refractivity contribution is 7.90. The molecule has 1 saturated carbocycles. The lowest BCUT2D eigenvalue weighted by molar-refractivity contribution is -0.0432.